The second-order valence-electron chi connectivity index (χ2n) is 7.18. The van der Waals surface area contributed by atoms with E-state index in [2.05, 4.69) is 11.9 Å². The first kappa shape index (κ1) is 20.3. The molecule has 29 heavy (non-hydrogen) atoms. The number of aromatic nitrogens is 1. The van der Waals surface area contributed by atoms with Gasteiger partial charge in [-0.1, -0.05) is 42.9 Å². The van der Waals surface area contributed by atoms with Crippen molar-refractivity contribution in [1.29, 1.82) is 0 Å². The Kier molecular flexibility index (Phi) is 5.85. The molecule has 0 spiro atoms. The Hall–Kier alpha value is -2.03. The van der Waals surface area contributed by atoms with Crippen LogP contribution in [0.4, 0.5) is 4.39 Å². The van der Waals surface area contributed by atoms with Gasteiger partial charge in [0.05, 0.1) is 9.60 Å². The molecule has 0 amide bonds. The number of piperidine rings is 1. The smallest absolute Gasteiger partial charge is 0.274 e. The van der Waals surface area contributed by atoms with E-state index in [1.54, 1.807) is 18.2 Å². The van der Waals surface area contributed by atoms with E-state index in [1.807, 2.05) is 18.2 Å². The van der Waals surface area contributed by atoms with Crippen LogP contribution in [-0.4, -0.2) is 36.9 Å². The van der Waals surface area contributed by atoms with Gasteiger partial charge in [0.15, 0.2) is 0 Å². The molecule has 2 heterocycles. The zero-order chi connectivity index (χ0) is 20.4. The number of halogens is 1. The number of benzene rings is 2. The Balaban J connectivity index is 1.39. The summed E-state index contributed by atoms with van der Waals surface area (Å²) in [5, 5.41) is 0.429. The number of hydrogen-bond donors (Lipinski definition) is 0. The van der Waals surface area contributed by atoms with Crippen LogP contribution in [0.3, 0.4) is 0 Å². The van der Waals surface area contributed by atoms with Crippen molar-refractivity contribution in [3.05, 3.63) is 53.8 Å². The van der Waals surface area contributed by atoms with Crippen LogP contribution in [0, 0.1) is 5.82 Å². The van der Waals surface area contributed by atoms with Crippen molar-refractivity contribution in [1.82, 2.24) is 9.29 Å². The molecule has 0 radical (unpaired) electrons. The summed E-state index contributed by atoms with van der Waals surface area (Å²) >= 11 is 1.31. The molecule has 1 fully saturated rings. The predicted molar refractivity (Wildman–Crippen MR) is 112 cm³/mol. The van der Waals surface area contributed by atoms with Crippen molar-refractivity contribution in [2.24, 2.45) is 0 Å². The fourth-order valence-electron chi connectivity index (χ4n) is 3.54. The molecule has 2 aromatic carbocycles. The molecule has 0 aliphatic carbocycles. The first-order valence-corrected chi connectivity index (χ1v) is 12.0. The topological polar surface area (TPSA) is 59.5 Å². The van der Waals surface area contributed by atoms with Gasteiger partial charge < -0.3 is 4.74 Å². The summed E-state index contributed by atoms with van der Waals surface area (Å²) in [7, 11) is -3.50. The lowest BCUT2D eigenvalue weighted by molar-refractivity contribution is 0.135. The SMILES string of the molecule is CCCc1ccc(S(=O)(=O)N2CCC(Oc3nc4c(F)cccc4s3)CC2)cc1. The van der Waals surface area contributed by atoms with Gasteiger partial charge in [0, 0.05) is 13.1 Å². The van der Waals surface area contributed by atoms with Crippen LogP contribution in [-0.2, 0) is 16.4 Å². The third kappa shape index (κ3) is 4.29. The highest BCUT2D eigenvalue weighted by Crippen LogP contribution is 2.31. The first-order chi connectivity index (χ1) is 14.0. The van der Waals surface area contributed by atoms with Gasteiger partial charge in [0.2, 0.25) is 10.0 Å². The fraction of sp³-hybridized carbons (Fsp3) is 0.381. The highest BCUT2D eigenvalue weighted by molar-refractivity contribution is 7.89. The Morgan fingerprint density at radius 3 is 2.55 bits per heavy atom. The summed E-state index contributed by atoms with van der Waals surface area (Å²) in [6.07, 6.45) is 2.99. The van der Waals surface area contributed by atoms with Gasteiger partial charge in [-0.15, -0.1) is 0 Å². The highest BCUT2D eigenvalue weighted by Gasteiger charge is 2.30. The van der Waals surface area contributed by atoms with Crippen molar-refractivity contribution in [3.8, 4) is 5.19 Å². The van der Waals surface area contributed by atoms with Gasteiger partial charge in [-0.05, 0) is 49.1 Å². The van der Waals surface area contributed by atoms with E-state index in [0.717, 1.165) is 23.1 Å². The van der Waals surface area contributed by atoms with Crippen LogP contribution in [0.5, 0.6) is 5.19 Å². The number of thiazole rings is 1. The minimum atomic E-state index is -3.50. The minimum absolute atomic E-state index is 0.128. The van der Waals surface area contributed by atoms with E-state index in [9.17, 15) is 12.8 Å². The lowest BCUT2D eigenvalue weighted by Crippen LogP contribution is -2.41. The second kappa shape index (κ2) is 8.38. The van der Waals surface area contributed by atoms with E-state index in [0.29, 0.717) is 41.5 Å². The van der Waals surface area contributed by atoms with Crippen LogP contribution in [0.2, 0.25) is 0 Å². The van der Waals surface area contributed by atoms with E-state index in [1.165, 1.54) is 21.7 Å². The number of nitrogens with zero attached hydrogens (tertiary/aromatic N) is 2. The lowest BCUT2D eigenvalue weighted by Gasteiger charge is -2.30. The molecule has 154 valence electrons. The largest absolute Gasteiger partial charge is 0.467 e. The number of para-hydroxylation sites is 1. The monoisotopic (exact) mass is 434 g/mol. The Labute approximate surface area is 174 Å². The Bertz CT molecular complexity index is 1090. The summed E-state index contributed by atoms with van der Waals surface area (Å²) in [5.74, 6) is -0.362. The number of aryl methyl sites for hydroxylation is 1. The summed E-state index contributed by atoms with van der Waals surface area (Å²) in [6.45, 7) is 2.88. The van der Waals surface area contributed by atoms with Crippen LogP contribution in [0.25, 0.3) is 10.2 Å². The lowest BCUT2D eigenvalue weighted by atomic mass is 10.1. The summed E-state index contributed by atoms with van der Waals surface area (Å²) in [5.41, 5.74) is 1.46. The van der Waals surface area contributed by atoms with Crippen molar-refractivity contribution >= 4 is 31.6 Å². The normalized spacial score (nSPS) is 16.3. The number of fused-ring (bicyclic) bond motifs is 1. The van der Waals surface area contributed by atoms with Crippen molar-refractivity contribution in [2.45, 2.75) is 43.6 Å². The molecular formula is C21H23FN2O3S2. The first-order valence-electron chi connectivity index (χ1n) is 9.78. The second-order valence-corrected chi connectivity index (χ2v) is 10.1. The number of hydrogen-bond acceptors (Lipinski definition) is 5. The highest BCUT2D eigenvalue weighted by atomic mass is 32.2. The van der Waals surface area contributed by atoms with Gasteiger partial charge in [0.25, 0.3) is 5.19 Å². The van der Waals surface area contributed by atoms with Gasteiger partial charge in [-0.2, -0.15) is 9.29 Å². The number of ether oxygens (including phenoxy) is 1. The molecule has 1 aliphatic heterocycles. The molecule has 3 aromatic rings. The zero-order valence-corrected chi connectivity index (χ0v) is 17.8. The minimum Gasteiger partial charge on any atom is -0.467 e. The fourth-order valence-corrected chi connectivity index (χ4v) is 5.91. The third-order valence-electron chi connectivity index (χ3n) is 5.12. The Morgan fingerprint density at radius 2 is 1.90 bits per heavy atom. The third-order valence-corrected chi connectivity index (χ3v) is 7.94. The summed E-state index contributed by atoms with van der Waals surface area (Å²) < 4.78 is 47.8. The average Bonchev–Trinajstić information content (AvgIpc) is 3.13. The molecule has 1 saturated heterocycles. The quantitative estimate of drug-likeness (QED) is 0.568. The zero-order valence-electron chi connectivity index (χ0n) is 16.2. The van der Waals surface area contributed by atoms with Crippen LogP contribution in [0.15, 0.2) is 47.4 Å². The van der Waals surface area contributed by atoms with Crippen molar-refractivity contribution in [2.75, 3.05) is 13.1 Å². The molecule has 1 aliphatic rings. The molecule has 1 aromatic heterocycles. The standard InChI is InChI=1S/C21H23FN2O3S2/c1-2-4-15-7-9-17(10-8-15)29(25,26)24-13-11-16(12-14-24)27-21-23-20-18(22)5-3-6-19(20)28-21/h3,5-10,16H,2,4,11-14H2,1H3. The molecule has 0 N–H and O–H groups in total. The van der Waals surface area contributed by atoms with E-state index < -0.39 is 10.0 Å². The maximum absolute atomic E-state index is 13.8. The van der Waals surface area contributed by atoms with E-state index >= 15 is 0 Å². The van der Waals surface area contributed by atoms with E-state index in [-0.39, 0.29) is 11.9 Å². The maximum Gasteiger partial charge on any atom is 0.274 e. The summed E-state index contributed by atoms with van der Waals surface area (Å²) in [4.78, 5) is 4.57. The molecule has 5 nitrogen and oxygen atoms in total. The molecule has 4 rings (SSSR count). The summed E-state index contributed by atoms with van der Waals surface area (Å²) in [6, 6.07) is 12.0. The molecule has 0 atom stereocenters. The number of sulfonamides is 1. The van der Waals surface area contributed by atoms with Gasteiger partial charge >= 0.3 is 0 Å². The van der Waals surface area contributed by atoms with Gasteiger partial charge in [0.1, 0.15) is 17.4 Å². The van der Waals surface area contributed by atoms with Crippen LogP contribution in [0.1, 0.15) is 31.7 Å². The van der Waals surface area contributed by atoms with Gasteiger partial charge in [-0.25, -0.2) is 12.8 Å². The predicted octanol–water partition coefficient (Wildman–Crippen LogP) is 4.62. The average molecular weight is 435 g/mol. The maximum atomic E-state index is 13.8. The van der Waals surface area contributed by atoms with Crippen LogP contribution < -0.4 is 4.74 Å². The van der Waals surface area contributed by atoms with Crippen molar-refractivity contribution < 1.29 is 17.5 Å². The molecule has 0 bridgehead atoms. The van der Waals surface area contributed by atoms with Crippen LogP contribution >= 0.6 is 11.3 Å². The molecule has 0 saturated carbocycles. The number of rotatable bonds is 6. The molecule has 0 unspecified atom stereocenters. The molecule has 8 heteroatoms. The Morgan fingerprint density at radius 1 is 1.17 bits per heavy atom. The molecular weight excluding hydrogens is 411 g/mol. The van der Waals surface area contributed by atoms with Crippen molar-refractivity contribution in [3.63, 3.8) is 0 Å². The van der Waals surface area contributed by atoms with E-state index in [4.69, 9.17) is 4.74 Å². The van der Waals surface area contributed by atoms with Gasteiger partial charge in [-0.3, -0.25) is 0 Å².